The summed E-state index contributed by atoms with van der Waals surface area (Å²) in [6.07, 6.45) is 0. The van der Waals surface area contributed by atoms with Gasteiger partial charge in [0.2, 0.25) is 0 Å². The fraction of sp³-hybridized carbons (Fsp3) is 0.136. The van der Waals surface area contributed by atoms with Crippen LogP contribution in [0.2, 0.25) is 0 Å². The first-order valence-electron chi connectivity index (χ1n) is 8.34. The highest BCUT2D eigenvalue weighted by Crippen LogP contribution is 2.17. The lowest BCUT2D eigenvalue weighted by Crippen LogP contribution is -2.33. The van der Waals surface area contributed by atoms with E-state index in [0.717, 1.165) is 16.8 Å². The second-order valence-electron chi connectivity index (χ2n) is 5.78. The van der Waals surface area contributed by atoms with Crippen molar-refractivity contribution >= 4 is 11.6 Å². The van der Waals surface area contributed by atoms with Gasteiger partial charge in [-0.25, -0.2) is 0 Å². The van der Waals surface area contributed by atoms with E-state index in [-0.39, 0.29) is 12.5 Å². The minimum atomic E-state index is -0.0500. The minimum Gasteiger partial charge on any atom is -0.367 e. The van der Waals surface area contributed by atoms with Crippen molar-refractivity contribution in [2.24, 2.45) is 0 Å². The van der Waals surface area contributed by atoms with Gasteiger partial charge < -0.3 is 9.64 Å². The van der Waals surface area contributed by atoms with Crippen LogP contribution in [-0.2, 0) is 22.7 Å². The van der Waals surface area contributed by atoms with Crippen molar-refractivity contribution in [1.82, 2.24) is 0 Å². The molecular formula is C22H21NO2. The molecule has 0 N–H and O–H groups in total. The molecule has 0 aromatic heterocycles. The number of para-hydroxylation sites is 1. The van der Waals surface area contributed by atoms with Gasteiger partial charge in [0.05, 0.1) is 13.2 Å². The third-order valence-corrected chi connectivity index (χ3v) is 3.89. The largest absolute Gasteiger partial charge is 0.367 e. The molecule has 3 nitrogen and oxygen atoms in total. The topological polar surface area (TPSA) is 29.5 Å². The maximum Gasteiger partial charge on any atom is 0.253 e. The Morgan fingerprint density at radius 3 is 1.84 bits per heavy atom. The van der Waals surface area contributed by atoms with Crippen molar-refractivity contribution in [2.45, 2.75) is 13.2 Å². The Labute approximate surface area is 148 Å². The minimum absolute atomic E-state index is 0.0500. The van der Waals surface area contributed by atoms with Crippen LogP contribution in [0.3, 0.4) is 0 Å². The smallest absolute Gasteiger partial charge is 0.253 e. The van der Waals surface area contributed by atoms with Crippen molar-refractivity contribution in [3.8, 4) is 0 Å². The van der Waals surface area contributed by atoms with Crippen molar-refractivity contribution < 1.29 is 9.53 Å². The van der Waals surface area contributed by atoms with Gasteiger partial charge in [0, 0.05) is 5.69 Å². The van der Waals surface area contributed by atoms with E-state index < -0.39 is 0 Å². The molecular weight excluding hydrogens is 310 g/mol. The molecule has 0 aliphatic heterocycles. The van der Waals surface area contributed by atoms with Crippen LogP contribution >= 0.6 is 0 Å². The van der Waals surface area contributed by atoms with Crippen molar-refractivity contribution in [2.75, 3.05) is 11.5 Å². The van der Waals surface area contributed by atoms with Crippen molar-refractivity contribution in [1.29, 1.82) is 0 Å². The van der Waals surface area contributed by atoms with Crippen LogP contribution in [0, 0.1) is 0 Å². The van der Waals surface area contributed by atoms with Gasteiger partial charge >= 0.3 is 0 Å². The molecule has 0 fully saturated rings. The average Bonchev–Trinajstić information content (AvgIpc) is 2.68. The van der Waals surface area contributed by atoms with Crippen LogP contribution < -0.4 is 4.90 Å². The molecule has 25 heavy (non-hydrogen) atoms. The fourth-order valence-corrected chi connectivity index (χ4v) is 2.61. The summed E-state index contributed by atoms with van der Waals surface area (Å²) in [6.45, 7) is 1.01. The Morgan fingerprint density at radius 2 is 1.24 bits per heavy atom. The molecule has 0 atom stereocenters. The Hall–Kier alpha value is -2.91. The van der Waals surface area contributed by atoms with E-state index in [4.69, 9.17) is 4.74 Å². The lowest BCUT2D eigenvalue weighted by atomic mass is 10.2. The first-order valence-corrected chi connectivity index (χ1v) is 8.34. The van der Waals surface area contributed by atoms with E-state index >= 15 is 0 Å². The molecule has 0 saturated carbocycles. The summed E-state index contributed by atoms with van der Waals surface area (Å²) in [7, 11) is 0. The normalized spacial score (nSPS) is 10.4. The summed E-state index contributed by atoms with van der Waals surface area (Å²) >= 11 is 0. The van der Waals surface area contributed by atoms with Crippen LogP contribution in [0.4, 0.5) is 5.69 Å². The second-order valence-corrected chi connectivity index (χ2v) is 5.78. The number of carbonyl (C=O) groups excluding carboxylic acids is 1. The van der Waals surface area contributed by atoms with E-state index in [1.165, 1.54) is 0 Å². The first kappa shape index (κ1) is 16.9. The Bertz CT molecular complexity index is 773. The lowest BCUT2D eigenvalue weighted by Gasteiger charge is -2.23. The summed E-state index contributed by atoms with van der Waals surface area (Å²) in [4.78, 5) is 14.5. The summed E-state index contributed by atoms with van der Waals surface area (Å²) in [5, 5.41) is 0. The standard InChI is InChI=1S/C22H21NO2/c24-22(18-25-17-20-12-6-2-7-13-20)23(21-14-8-3-9-15-21)16-19-10-4-1-5-11-19/h1-15H,16-18H2. The third-order valence-electron chi connectivity index (χ3n) is 3.89. The monoisotopic (exact) mass is 331 g/mol. The predicted octanol–water partition coefficient (Wildman–Crippen LogP) is 4.44. The number of hydrogen-bond donors (Lipinski definition) is 0. The third kappa shape index (κ3) is 5.03. The number of anilines is 1. The molecule has 0 saturated heterocycles. The van der Waals surface area contributed by atoms with Gasteiger partial charge in [-0.05, 0) is 23.3 Å². The fourth-order valence-electron chi connectivity index (χ4n) is 2.61. The average molecular weight is 331 g/mol. The van der Waals surface area contributed by atoms with Gasteiger partial charge in [-0.2, -0.15) is 0 Å². The van der Waals surface area contributed by atoms with Crippen LogP contribution in [0.1, 0.15) is 11.1 Å². The number of rotatable bonds is 7. The molecule has 0 radical (unpaired) electrons. The lowest BCUT2D eigenvalue weighted by molar-refractivity contribution is -0.123. The van der Waals surface area contributed by atoms with Crippen molar-refractivity contribution in [3.63, 3.8) is 0 Å². The highest BCUT2D eigenvalue weighted by Gasteiger charge is 2.16. The SMILES string of the molecule is O=C(COCc1ccccc1)N(Cc1ccccc1)c1ccccc1. The number of hydrogen-bond acceptors (Lipinski definition) is 2. The van der Waals surface area contributed by atoms with Gasteiger partial charge in [-0.3, -0.25) is 4.79 Å². The molecule has 0 bridgehead atoms. The summed E-state index contributed by atoms with van der Waals surface area (Å²) in [5.41, 5.74) is 3.02. The second kappa shape index (κ2) is 8.81. The molecule has 3 heteroatoms. The number of nitrogens with zero attached hydrogens (tertiary/aromatic N) is 1. The zero-order valence-electron chi connectivity index (χ0n) is 14.0. The van der Waals surface area contributed by atoms with Gasteiger partial charge in [0.25, 0.3) is 5.91 Å². The van der Waals surface area contributed by atoms with E-state index in [1.54, 1.807) is 4.90 Å². The van der Waals surface area contributed by atoms with E-state index in [1.807, 2.05) is 91.0 Å². The van der Waals surface area contributed by atoms with Crippen molar-refractivity contribution in [3.05, 3.63) is 102 Å². The zero-order valence-corrected chi connectivity index (χ0v) is 14.0. The van der Waals surface area contributed by atoms with E-state index in [0.29, 0.717) is 13.2 Å². The number of carbonyl (C=O) groups is 1. The highest BCUT2D eigenvalue weighted by molar-refractivity contribution is 5.94. The highest BCUT2D eigenvalue weighted by atomic mass is 16.5. The molecule has 0 aliphatic rings. The first-order chi connectivity index (χ1) is 12.3. The summed E-state index contributed by atoms with van der Waals surface area (Å²) in [5.74, 6) is -0.0500. The van der Waals surface area contributed by atoms with Crippen LogP contribution in [0.15, 0.2) is 91.0 Å². The zero-order chi connectivity index (χ0) is 17.3. The summed E-state index contributed by atoms with van der Waals surface area (Å²) < 4.78 is 5.63. The van der Waals surface area contributed by atoms with Gasteiger partial charge in [0.1, 0.15) is 6.61 Å². The molecule has 0 aliphatic carbocycles. The molecule has 3 aromatic rings. The number of benzene rings is 3. The maximum atomic E-state index is 12.7. The number of amides is 1. The quantitative estimate of drug-likeness (QED) is 0.641. The van der Waals surface area contributed by atoms with Crippen LogP contribution in [0.25, 0.3) is 0 Å². The van der Waals surface area contributed by atoms with Crippen LogP contribution in [0.5, 0.6) is 0 Å². The van der Waals surface area contributed by atoms with E-state index in [9.17, 15) is 4.79 Å². The molecule has 3 aromatic carbocycles. The molecule has 126 valence electrons. The summed E-state index contributed by atoms with van der Waals surface area (Å²) in [6, 6.07) is 29.6. The van der Waals surface area contributed by atoms with Crippen LogP contribution in [-0.4, -0.2) is 12.5 Å². The van der Waals surface area contributed by atoms with Gasteiger partial charge in [0.15, 0.2) is 0 Å². The molecule has 0 unspecified atom stereocenters. The molecule has 0 spiro atoms. The maximum absolute atomic E-state index is 12.7. The Morgan fingerprint density at radius 1 is 0.720 bits per heavy atom. The van der Waals surface area contributed by atoms with E-state index in [2.05, 4.69) is 0 Å². The molecule has 0 heterocycles. The Kier molecular flexibility index (Phi) is 5.96. The molecule has 1 amide bonds. The predicted molar refractivity (Wildman–Crippen MR) is 100 cm³/mol. The Balaban J connectivity index is 1.67. The van der Waals surface area contributed by atoms with Gasteiger partial charge in [-0.1, -0.05) is 78.9 Å². The van der Waals surface area contributed by atoms with Gasteiger partial charge in [-0.15, -0.1) is 0 Å². The number of ether oxygens (including phenoxy) is 1. The molecule has 3 rings (SSSR count).